The Kier molecular flexibility index (Phi) is 8.39. The third-order valence-corrected chi connectivity index (χ3v) is 7.10. The molecule has 0 N–H and O–H groups in total. The lowest BCUT2D eigenvalue weighted by molar-refractivity contribution is -0.132. The van der Waals surface area contributed by atoms with E-state index < -0.39 is 11.8 Å². The van der Waals surface area contributed by atoms with Gasteiger partial charge < -0.3 is 9.80 Å². The zero-order chi connectivity index (χ0) is 28.8. The lowest BCUT2D eigenvalue weighted by Crippen LogP contribution is -2.48. The number of rotatable bonds is 8. The fourth-order valence-corrected chi connectivity index (χ4v) is 5.21. The number of allylic oxidation sites excluding steroid dienone is 1. The number of hydrogen-bond donors (Lipinski definition) is 0. The second-order valence-electron chi connectivity index (χ2n) is 10.2. The summed E-state index contributed by atoms with van der Waals surface area (Å²) < 4.78 is 0. The van der Waals surface area contributed by atoms with Crippen molar-refractivity contribution in [1.29, 1.82) is 0 Å². The number of carbonyl (C=O) groups excluding carboxylic acids is 3. The van der Waals surface area contributed by atoms with Crippen molar-refractivity contribution in [3.63, 3.8) is 0 Å². The van der Waals surface area contributed by atoms with Crippen molar-refractivity contribution in [3.05, 3.63) is 127 Å². The van der Waals surface area contributed by atoms with Gasteiger partial charge in [-0.15, -0.1) is 0 Å². The zero-order valence-electron chi connectivity index (χ0n) is 23.3. The molecule has 6 heteroatoms. The fourth-order valence-electron chi connectivity index (χ4n) is 5.21. The summed E-state index contributed by atoms with van der Waals surface area (Å²) in [5.41, 5.74) is 3.49. The number of nitrogens with zero attached hydrogens (tertiary/aromatic N) is 3. The average Bonchev–Trinajstić information content (AvgIpc) is 3.07. The van der Waals surface area contributed by atoms with Gasteiger partial charge in [-0.3, -0.25) is 19.3 Å². The van der Waals surface area contributed by atoms with Crippen LogP contribution in [0.2, 0.25) is 0 Å². The molecule has 41 heavy (non-hydrogen) atoms. The molecule has 0 saturated carbocycles. The number of hydrogen-bond acceptors (Lipinski definition) is 3. The van der Waals surface area contributed by atoms with E-state index in [0.29, 0.717) is 17.1 Å². The van der Waals surface area contributed by atoms with Crippen molar-refractivity contribution in [2.24, 2.45) is 5.92 Å². The molecule has 4 aromatic carbocycles. The molecule has 5 rings (SSSR count). The van der Waals surface area contributed by atoms with Gasteiger partial charge in [-0.25, -0.2) is 0 Å². The molecule has 4 aromatic rings. The topological polar surface area (TPSA) is 60.9 Å². The van der Waals surface area contributed by atoms with Crippen molar-refractivity contribution in [1.82, 2.24) is 0 Å². The largest absolute Gasteiger partial charge is 0.308 e. The second-order valence-corrected chi connectivity index (χ2v) is 10.2. The van der Waals surface area contributed by atoms with E-state index in [9.17, 15) is 14.4 Å². The third kappa shape index (κ3) is 5.97. The maximum absolute atomic E-state index is 14.3. The molecule has 1 atom stereocenters. The quantitative estimate of drug-likeness (QED) is 0.228. The van der Waals surface area contributed by atoms with Crippen molar-refractivity contribution in [2.75, 3.05) is 21.2 Å². The molecule has 0 aromatic heterocycles. The number of amides is 3. The van der Waals surface area contributed by atoms with Crippen LogP contribution in [0.4, 0.5) is 22.7 Å². The minimum atomic E-state index is -1.01. The van der Waals surface area contributed by atoms with Gasteiger partial charge in [-0.05, 0) is 62.2 Å². The zero-order valence-corrected chi connectivity index (χ0v) is 23.3. The summed E-state index contributed by atoms with van der Waals surface area (Å²) in [5, 5.41) is 0. The molecule has 0 fully saturated rings. The number of benzene rings is 4. The van der Waals surface area contributed by atoms with E-state index in [1.54, 1.807) is 15.9 Å². The van der Waals surface area contributed by atoms with E-state index in [-0.39, 0.29) is 30.8 Å². The summed E-state index contributed by atoms with van der Waals surface area (Å²) in [7, 11) is 0. The molecule has 0 spiro atoms. The van der Waals surface area contributed by atoms with Gasteiger partial charge in [0.25, 0.3) is 0 Å². The highest BCUT2D eigenvalue weighted by atomic mass is 16.2. The monoisotopic (exact) mass is 543 g/mol. The van der Waals surface area contributed by atoms with Crippen molar-refractivity contribution >= 4 is 46.5 Å². The first-order chi connectivity index (χ1) is 20.0. The Hall–Kier alpha value is -4.97. The van der Waals surface area contributed by atoms with Gasteiger partial charge in [0.15, 0.2) is 0 Å². The minimum Gasteiger partial charge on any atom is -0.308 e. The van der Waals surface area contributed by atoms with Gasteiger partial charge in [0, 0.05) is 17.4 Å². The lowest BCUT2D eigenvalue weighted by atomic mass is 10.0. The van der Waals surface area contributed by atoms with Gasteiger partial charge in [0.05, 0.1) is 11.4 Å². The normalized spacial score (nSPS) is 15.2. The molecule has 1 heterocycles. The van der Waals surface area contributed by atoms with Gasteiger partial charge in [-0.2, -0.15) is 0 Å². The third-order valence-electron chi connectivity index (χ3n) is 7.10. The second kappa shape index (κ2) is 12.5. The lowest BCUT2D eigenvalue weighted by Gasteiger charge is -2.31. The number of carbonyl (C=O) groups is 3. The molecule has 1 aliphatic heterocycles. The number of para-hydroxylation sites is 4. The minimum absolute atomic E-state index is 0.130. The SMILES string of the molecule is CC(C)N(C(=O)CN1C(=O)C(CC=Cc2ccccc2)C(=O)N(c2ccccc2)c2ccccc21)c1ccccc1. The standard InChI is InChI=1S/C35H33N3O3/c1-26(2)37(28-18-8-4-9-19-28)33(39)25-36-31-23-12-13-24-32(31)38(29-20-10-5-11-21-29)35(41)30(34(36)40)22-14-17-27-15-6-3-7-16-27/h3-21,23-24,26,30H,22,25H2,1-2H3. The fraction of sp³-hybridized carbons (Fsp3) is 0.171. The van der Waals surface area contributed by atoms with Crippen LogP contribution in [0.5, 0.6) is 0 Å². The molecule has 6 nitrogen and oxygen atoms in total. The van der Waals surface area contributed by atoms with Crippen LogP contribution in [0.1, 0.15) is 25.8 Å². The van der Waals surface area contributed by atoms with E-state index in [1.807, 2.05) is 135 Å². The molecule has 206 valence electrons. The van der Waals surface area contributed by atoms with Crippen LogP contribution in [0.25, 0.3) is 6.08 Å². The van der Waals surface area contributed by atoms with Crippen LogP contribution < -0.4 is 14.7 Å². The van der Waals surface area contributed by atoms with Crippen LogP contribution in [0.3, 0.4) is 0 Å². The van der Waals surface area contributed by atoms with Crippen molar-refractivity contribution in [3.8, 4) is 0 Å². The van der Waals surface area contributed by atoms with Crippen molar-refractivity contribution < 1.29 is 14.4 Å². The molecule has 1 unspecified atom stereocenters. The van der Waals surface area contributed by atoms with Gasteiger partial charge >= 0.3 is 0 Å². The van der Waals surface area contributed by atoms with Gasteiger partial charge in [-0.1, -0.05) is 91.0 Å². The highest BCUT2D eigenvalue weighted by Crippen LogP contribution is 2.40. The smallest absolute Gasteiger partial charge is 0.247 e. The predicted octanol–water partition coefficient (Wildman–Crippen LogP) is 6.86. The maximum atomic E-state index is 14.3. The van der Waals surface area contributed by atoms with Crippen molar-refractivity contribution in [2.45, 2.75) is 26.3 Å². The number of fused-ring (bicyclic) bond motifs is 1. The first-order valence-electron chi connectivity index (χ1n) is 13.8. The van der Waals surface area contributed by atoms with Crippen LogP contribution in [-0.4, -0.2) is 30.3 Å². The molecule has 0 saturated heterocycles. The first kappa shape index (κ1) is 27.6. The maximum Gasteiger partial charge on any atom is 0.247 e. The summed E-state index contributed by atoms with van der Waals surface area (Å²) in [5.74, 6) is -1.97. The van der Waals surface area contributed by atoms with Crippen LogP contribution in [0, 0.1) is 5.92 Å². The Morgan fingerprint density at radius 2 is 1.32 bits per heavy atom. The van der Waals surface area contributed by atoms with Gasteiger partial charge in [0.1, 0.15) is 12.5 Å². The van der Waals surface area contributed by atoms with E-state index in [4.69, 9.17) is 0 Å². The van der Waals surface area contributed by atoms with E-state index in [0.717, 1.165) is 11.3 Å². The average molecular weight is 544 g/mol. The summed E-state index contributed by atoms with van der Waals surface area (Å²) in [6.07, 6.45) is 3.97. The Balaban J connectivity index is 1.56. The Labute approximate surface area is 241 Å². The Morgan fingerprint density at radius 1 is 0.756 bits per heavy atom. The molecule has 0 radical (unpaired) electrons. The Morgan fingerprint density at radius 3 is 1.95 bits per heavy atom. The molecule has 1 aliphatic rings. The first-order valence-corrected chi connectivity index (χ1v) is 13.8. The highest BCUT2D eigenvalue weighted by Gasteiger charge is 2.41. The summed E-state index contributed by atoms with van der Waals surface area (Å²) in [4.78, 5) is 47.1. The summed E-state index contributed by atoms with van der Waals surface area (Å²) >= 11 is 0. The Bertz CT molecular complexity index is 1530. The van der Waals surface area contributed by atoms with E-state index in [1.165, 1.54) is 4.90 Å². The van der Waals surface area contributed by atoms with E-state index in [2.05, 4.69) is 0 Å². The highest BCUT2D eigenvalue weighted by molar-refractivity contribution is 6.21. The van der Waals surface area contributed by atoms with E-state index >= 15 is 0 Å². The van der Waals surface area contributed by atoms with Crippen LogP contribution in [0.15, 0.2) is 121 Å². The predicted molar refractivity (Wildman–Crippen MR) is 165 cm³/mol. The molecular formula is C35H33N3O3. The van der Waals surface area contributed by atoms with Crippen LogP contribution in [-0.2, 0) is 14.4 Å². The molecule has 3 amide bonds. The molecule has 0 aliphatic carbocycles. The summed E-state index contributed by atoms with van der Waals surface area (Å²) in [6.45, 7) is 3.69. The van der Waals surface area contributed by atoms with Crippen LogP contribution >= 0.6 is 0 Å². The molecular weight excluding hydrogens is 510 g/mol. The number of anilines is 4. The van der Waals surface area contributed by atoms with Gasteiger partial charge in [0.2, 0.25) is 17.7 Å². The molecule has 0 bridgehead atoms. The summed E-state index contributed by atoms with van der Waals surface area (Å²) in [6, 6.07) is 35.7.